The van der Waals surface area contributed by atoms with Crippen LogP contribution >= 0.6 is 0 Å². The van der Waals surface area contributed by atoms with Gasteiger partial charge < -0.3 is 15.0 Å². The molecule has 2 unspecified atom stereocenters. The summed E-state index contributed by atoms with van der Waals surface area (Å²) in [6.07, 6.45) is 0.876. The van der Waals surface area contributed by atoms with Gasteiger partial charge in [0.1, 0.15) is 12.4 Å². The minimum Gasteiger partial charge on any atom is -0.445 e. The normalized spacial score (nSPS) is 18.3. The third kappa shape index (κ3) is 6.33. The lowest BCUT2D eigenvalue weighted by atomic mass is 9.93. The van der Waals surface area contributed by atoms with Crippen LogP contribution in [-0.2, 0) is 17.9 Å². The number of halogens is 2. The number of hydrogen-bond donors (Lipinski definition) is 1. The van der Waals surface area contributed by atoms with Gasteiger partial charge in [-0.05, 0) is 43.5 Å². The first kappa shape index (κ1) is 26.7. The Morgan fingerprint density at radius 3 is 2.57 bits per heavy atom. The van der Waals surface area contributed by atoms with Crippen molar-refractivity contribution in [1.29, 1.82) is 0 Å². The molecule has 3 aromatic rings. The van der Waals surface area contributed by atoms with E-state index in [1.165, 1.54) is 0 Å². The van der Waals surface area contributed by atoms with Crippen LogP contribution in [0.2, 0.25) is 0 Å². The van der Waals surface area contributed by atoms with E-state index in [1.54, 1.807) is 4.57 Å². The second kappa shape index (κ2) is 11.0. The monoisotopic (exact) mass is 512 g/mol. The summed E-state index contributed by atoms with van der Waals surface area (Å²) >= 11 is 0. The van der Waals surface area contributed by atoms with Crippen molar-refractivity contribution in [3.05, 3.63) is 75.8 Å². The van der Waals surface area contributed by atoms with Crippen molar-refractivity contribution in [2.24, 2.45) is 5.41 Å². The number of fused-ring (bicyclic) bond motifs is 1. The molecule has 0 radical (unpaired) electrons. The summed E-state index contributed by atoms with van der Waals surface area (Å²) in [6.45, 7) is 7.80. The standard InChI is InChI=1S/C28H34F2N4O3/c1-28(2,3)17-34-25(32-23-15-22(30)21(29)14-20(23)26(34)35)19-11-13-33(4)24(19)10-12-31-27(36)37-16-18-8-6-5-7-9-18/h5-9,14-15,19,24H,10-13,16-17H2,1-4H3,(H,31,36). The summed E-state index contributed by atoms with van der Waals surface area (Å²) in [7, 11) is 2.00. The number of alkyl carbamates (subject to hydrolysis) is 1. The van der Waals surface area contributed by atoms with Gasteiger partial charge in [0.25, 0.3) is 5.56 Å². The van der Waals surface area contributed by atoms with Gasteiger partial charge in [-0.1, -0.05) is 51.1 Å². The Morgan fingerprint density at radius 1 is 1.16 bits per heavy atom. The van der Waals surface area contributed by atoms with Gasteiger partial charge in [0.2, 0.25) is 0 Å². The molecule has 0 spiro atoms. The van der Waals surface area contributed by atoms with E-state index in [1.807, 2.05) is 58.2 Å². The molecule has 1 N–H and O–H groups in total. The Balaban J connectivity index is 1.55. The smallest absolute Gasteiger partial charge is 0.407 e. The molecule has 1 aromatic heterocycles. The van der Waals surface area contributed by atoms with Gasteiger partial charge in [0.05, 0.1) is 10.9 Å². The maximum atomic E-state index is 14.0. The van der Waals surface area contributed by atoms with Crippen LogP contribution in [0.1, 0.15) is 50.9 Å². The Bertz CT molecular complexity index is 1320. The van der Waals surface area contributed by atoms with Crippen molar-refractivity contribution < 1.29 is 18.3 Å². The number of benzene rings is 2. The molecule has 0 bridgehead atoms. The van der Waals surface area contributed by atoms with Crippen LogP contribution in [-0.4, -0.2) is 46.7 Å². The van der Waals surface area contributed by atoms with Crippen LogP contribution in [0.5, 0.6) is 0 Å². The van der Waals surface area contributed by atoms with Gasteiger partial charge in [-0.25, -0.2) is 18.6 Å². The highest BCUT2D eigenvalue weighted by Gasteiger charge is 2.36. The highest BCUT2D eigenvalue weighted by atomic mass is 19.2. The molecule has 0 aliphatic carbocycles. The van der Waals surface area contributed by atoms with Crippen LogP contribution in [0.25, 0.3) is 10.9 Å². The Morgan fingerprint density at radius 2 is 1.86 bits per heavy atom. The van der Waals surface area contributed by atoms with E-state index in [4.69, 9.17) is 9.72 Å². The molecule has 198 valence electrons. The highest BCUT2D eigenvalue weighted by Crippen LogP contribution is 2.34. The summed E-state index contributed by atoms with van der Waals surface area (Å²) in [6, 6.07) is 11.4. The number of nitrogens with zero attached hydrogens (tertiary/aromatic N) is 3. The number of amides is 1. The second-order valence-electron chi connectivity index (χ2n) is 10.9. The predicted octanol–water partition coefficient (Wildman–Crippen LogP) is 4.83. The van der Waals surface area contributed by atoms with E-state index in [0.29, 0.717) is 25.3 Å². The van der Waals surface area contributed by atoms with Crippen LogP contribution < -0.4 is 10.9 Å². The second-order valence-corrected chi connectivity index (χ2v) is 10.9. The SMILES string of the molecule is CN1CCC(c2nc3cc(F)c(F)cc3c(=O)n2CC(C)(C)C)C1CCNC(=O)OCc1ccccc1. The number of hydrogen-bond acceptors (Lipinski definition) is 5. The topological polar surface area (TPSA) is 76.5 Å². The zero-order valence-corrected chi connectivity index (χ0v) is 21.8. The van der Waals surface area contributed by atoms with E-state index in [-0.39, 0.29) is 40.4 Å². The number of aromatic nitrogens is 2. The van der Waals surface area contributed by atoms with Crippen molar-refractivity contribution in [3.63, 3.8) is 0 Å². The summed E-state index contributed by atoms with van der Waals surface area (Å²) in [5.41, 5.74) is 0.449. The maximum Gasteiger partial charge on any atom is 0.407 e. The molecule has 2 atom stereocenters. The zero-order chi connectivity index (χ0) is 26.7. The van der Waals surface area contributed by atoms with Crippen LogP contribution in [0, 0.1) is 17.0 Å². The molecular weight excluding hydrogens is 478 g/mol. The number of carbonyl (C=O) groups is 1. The number of likely N-dealkylation sites (tertiary alicyclic amines) is 1. The number of nitrogens with one attached hydrogen (secondary N) is 1. The zero-order valence-electron chi connectivity index (χ0n) is 21.8. The lowest BCUT2D eigenvalue weighted by molar-refractivity contribution is 0.138. The highest BCUT2D eigenvalue weighted by molar-refractivity contribution is 5.77. The van der Waals surface area contributed by atoms with Crippen LogP contribution in [0.4, 0.5) is 13.6 Å². The quantitative estimate of drug-likeness (QED) is 0.491. The first-order valence-electron chi connectivity index (χ1n) is 12.6. The van der Waals surface area contributed by atoms with Gasteiger partial charge in [-0.3, -0.25) is 9.36 Å². The van der Waals surface area contributed by atoms with Crippen LogP contribution in [0.15, 0.2) is 47.3 Å². The largest absolute Gasteiger partial charge is 0.445 e. The minimum absolute atomic E-state index is 0.00436. The lowest BCUT2D eigenvalue weighted by Crippen LogP contribution is -2.37. The molecule has 1 amide bonds. The fraction of sp³-hybridized carbons (Fsp3) is 0.464. The molecule has 9 heteroatoms. The van der Waals surface area contributed by atoms with Crippen molar-refractivity contribution >= 4 is 17.0 Å². The Hall–Kier alpha value is -3.33. The van der Waals surface area contributed by atoms with E-state index in [0.717, 1.165) is 30.7 Å². The molecule has 2 heterocycles. The number of rotatable bonds is 7. The van der Waals surface area contributed by atoms with Crippen LogP contribution in [0.3, 0.4) is 0 Å². The summed E-state index contributed by atoms with van der Waals surface area (Å²) in [4.78, 5) is 32.6. The predicted molar refractivity (Wildman–Crippen MR) is 138 cm³/mol. The van der Waals surface area contributed by atoms with E-state index in [2.05, 4.69) is 10.2 Å². The van der Waals surface area contributed by atoms with Crippen molar-refractivity contribution in [3.8, 4) is 0 Å². The van der Waals surface area contributed by atoms with Crippen molar-refractivity contribution in [2.75, 3.05) is 20.1 Å². The third-order valence-electron chi connectivity index (χ3n) is 6.74. The summed E-state index contributed by atoms with van der Waals surface area (Å²) < 4.78 is 34.9. The maximum absolute atomic E-state index is 14.0. The first-order chi connectivity index (χ1) is 17.5. The molecule has 1 fully saturated rings. The molecule has 4 rings (SSSR count). The molecule has 2 aromatic carbocycles. The fourth-order valence-corrected chi connectivity index (χ4v) is 4.97. The van der Waals surface area contributed by atoms with Gasteiger partial charge in [0, 0.05) is 31.1 Å². The first-order valence-corrected chi connectivity index (χ1v) is 12.6. The average molecular weight is 513 g/mol. The average Bonchev–Trinajstić information content (AvgIpc) is 3.21. The molecule has 37 heavy (non-hydrogen) atoms. The summed E-state index contributed by atoms with van der Waals surface area (Å²) in [5.74, 6) is -1.64. The molecular formula is C28H34F2N4O3. The summed E-state index contributed by atoms with van der Waals surface area (Å²) in [5, 5.41) is 2.88. The van der Waals surface area contributed by atoms with E-state index < -0.39 is 17.7 Å². The number of ether oxygens (including phenoxy) is 1. The Labute approximate surface area is 215 Å². The molecule has 1 aliphatic rings. The number of carbonyl (C=O) groups excluding carboxylic acids is 1. The van der Waals surface area contributed by atoms with E-state index in [9.17, 15) is 18.4 Å². The van der Waals surface area contributed by atoms with Crippen molar-refractivity contribution in [1.82, 2.24) is 19.8 Å². The number of likely N-dealkylation sites (N-methyl/N-ethyl adjacent to an activating group) is 1. The molecule has 1 aliphatic heterocycles. The lowest BCUT2D eigenvalue weighted by Gasteiger charge is -2.29. The van der Waals surface area contributed by atoms with Gasteiger partial charge >= 0.3 is 6.09 Å². The molecule has 0 saturated carbocycles. The van der Waals surface area contributed by atoms with Gasteiger partial charge in [-0.2, -0.15) is 0 Å². The third-order valence-corrected chi connectivity index (χ3v) is 6.74. The fourth-order valence-electron chi connectivity index (χ4n) is 4.97. The van der Waals surface area contributed by atoms with Gasteiger partial charge in [-0.15, -0.1) is 0 Å². The molecule has 7 nitrogen and oxygen atoms in total. The Kier molecular flexibility index (Phi) is 7.92. The van der Waals surface area contributed by atoms with Gasteiger partial charge in [0.15, 0.2) is 11.6 Å². The molecule has 1 saturated heterocycles. The minimum atomic E-state index is -1.06. The van der Waals surface area contributed by atoms with Crippen molar-refractivity contribution in [2.45, 2.75) is 58.7 Å². The van der Waals surface area contributed by atoms with E-state index >= 15 is 0 Å².